The first-order valence-electron chi connectivity index (χ1n) is 8.22. The smallest absolute Gasteiger partial charge is 0.337 e. The lowest BCUT2D eigenvalue weighted by Crippen LogP contribution is -2.17. The minimum absolute atomic E-state index is 0.0612. The Morgan fingerprint density at radius 1 is 1.12 bits per heavy atom. The van der Waals surface area contributed by atoms with E-state index >= 15 is 0 Å². The molecular weight excluding hydrogens is 330 g/mol. The van der Waals surface area contributed by atoms with Gasteiger partial charge in [-0.2, -0.15) is 0 Å². The van der Waals surface area contributed by atoms with Gasteiger partial charge in [-0.05, 0) is 29.3 Å². The number of aromatic nitrogens is 1. The highest BCUT2D eigenvalue weighted by molar-refractivity contribution is 5.89. The fraction of sp³-hybridized carbons (Fsp3) is 0.200. The fourth-order valence-electron chi connectivity index (χ4n) is 2.83. The number of nitrogens with one attached hydrogen (secondary N) is 1. The number of carbonyl (C=O) groups is 1. The van der Waals surface area contributed by atoms with E-state index in [1.54, 1.807) is 31.4 Å². The summed E-state index contributed by atoms with van der Waals surface area (Å²) in [4.78, 5) is 25.3. The predicted molar refractivity (Wildman–Crippen MR) is 102 cm³/mol. The molecule has 2 heterocycles. The molecule has 0 radical (unpaired) electrons. The lowest BCUT2D eigenvalue weighted by Gasteiger charge is -2.23. The van der Waals surface area contributed by atoms with Gasteiger partial charge < -0.3 is 19.5 Å². The summed E-state index contributed by atoms with van der Waals surface area (Å²) in [6, 6.07) is 10.8. The average Bonchev–Trinajstić information content (AvgIpc) is 2.64. The van der Waals surface area contributed by atoms with Crippen molar-refractivity contribution in [2.24, 2.45) is 7.05 Å². The molecule has 0 bridgehead atoms. The molecule has 1 aromatic heterocycles. The van der Waals surface area contributed by atoms with Crippen molar-refractivity contribution in [2.75, 3.05) is 19.5 Å². The maximum Gasteiger partial charge on any atom is 0.337 e. The van der Waals surface area contributed by atoms with Gasteiger partial charge in [0.1, 0.15) is 0 Å². The summed E-state index contributed by atoms with van der Waals surface area (Å²) in [7, 11) is 5.04. The molecule has 0 saturated heterocycles. The zero-order chi connectivity index (χ0) is 18.7. The van der Waals surface area contributed by atoms with Crippen LogP contribution in [0.25, 0.3) is 5.57 Å². The van der Waals surface area contributed by atoms with Crippen LogP contribution >= 0.6 is 0 Å². The van der Waals surface area contributed by atoms with E-state index in [2.05, 4.69) is 5.32 Å². The normalized spacial score (nSPS) is 13.7. The van der Waals surface area contributed by atoms with E-state index in [-0.39, 0.29) is 11.5 Å². The number of benzene rings is 1. The number of nitrogens with zero attached hydrogens (tertiary/aromatic N) is 2. The molecule has 0 unspecified atom stereocenters. The van der Waals surface area contributed by atoms with E-state index in [0.29, 0.717) is 12.0 Å². The summed E-state index contributed by atoms with van der Waals surface area (Å²) < 4.78 is 6.26. The van der Waals surface area contributed by atoms with Crippen molar-refractivity contribution >= 4 is 17.2 Å². The van der Waals surface area contributed by atoms with Gasteiger partial charge in [-0.1, -0.05) is 12.1 Å². The number of methoxy groups -OCH3 is 1. The molecule has 1 N–H and O–H groups in total. The van der Waals surface area contributed by atoms with E-state index in [0.717, 1.165) is 22.5 Å². The first-order chi connectivity index (χ1) is 12.5. The molecule has 3 rings (SSSR count). The summed E-state index contributed by atoms with van der Waals surface area (Å²) in [5, 5.41) is 3.31. The van der Waals surface area contributed by atoms with Crippen molar-refractivity contribution in [2.45, 2.75) is 6.42 Å². The first-order valence-corrected chi connectivity index (χ1v) is 8.22. The fourth-order valence-corrected chi connectivity index (χ4v) is 2.83. The van der Waals surface area contributed by atoms with E-state index in [9.17, 15) is 9.59 Å². The molecule has 0 amide bonds. The van der Waals surface area contributed by atoms with Crippen molar-refractivity contribution in [3.05, 3.63) is 82.2 Å². The maximum atomic E-state index is 11.8. The molecule has 2 aromatic rings. The van der Waals surface area contributed by atoms with Crippen molar-refractivity contribution in [1.29, 1.82) is 0 Å². The Morgan fingerprint density at radius 3 is 2.50 bits per heavy atom. The monoisotopic (exact) mass is 351 g/mol. The third-order valence-corrected chi connectivity index (χ3v) is 4.19. The van der Waals surface area contributed by atoms with Gasteiger partial charge in [-0.15, -0.1) is 0 Å². The average molecular weight is 351 g/mol. The molecule has 6 nitrogen and oxygen atoms in total. The predicted octanol–water partition coefficient (Wildman–Crippen LogP) is 2.80. The van der Waals surface area contributed by atoms with Crippen molar-refractivity contribution in [3.63, 3.8) is 0 Å². The van der Waals surface area contributed by atoms with Gasteiger partial charge in [0.15, 0.2) is 0 Å². The van der Waals surface area contributed by atoms with Crippen molar-refractivity contribution in [1.82, 2.24) is 9.47 Å². The molecule has 1 aliphatic rings. The highest BCUT2D eigenvalue weighted by atomic mass is 16.5. The number of hydrogen-bond donors (Lipinski definition) is 1. The Bertz CT molecular complexity index is 940. The van der Waals surface area contributed by atoms with E-state index in [1.807, 2.05) is 42.5 Å². The summed E-state index contributed by atoms with van der Waals surface area (Å²) in [6.07, 6.45) is 6.46. The van der Waals surface area contributed by atoms with Gasteiger partial charge in [0, 0.05) is 56.6 Å². The highest BCUT2D eigenvalue weighted by Crippen LogP contribution is 2.28. The van der Waals surface area contributed by atoms with Crippen LogP contribution in [0.2, 0.25) is 0 Å². The summed E-state index contributed by atoms with van der Waals surface area (Å²) in [5.41, 5.74) is 4.34. The molecule has 6 heteroatoms. The lowest BCUT2D eigenvalue weighted by atomic mass is 9.99. The van der Waals surface area contributed by atoms with E-state index in [1.165, 1.54) is 11.7 Å². The lowest BCUT2D eigenvalue weighted by molar-refractivity contribution is 0.0600. The molecule has 0 atom stereocenters. The minimum atomic E-state index is -0.348. The third kappa shape index (κ3) is 3.85. The number of esters is 1. The molecule has 0 saturated carbocycles. The molecule has 1 aliphatic heterocycles. The van der Waals surface area contributed by atoms with E-state index < -0.39 is 0 Å². The molecule has 134 valence electrons. The number of allylic oxidation sites excluding steroid dienone is 1. The van der Waals surface area contributed by atoms with Gasteiger partial charge in [-0.3, -0.25) is 4.79 Å². The number of hydrogen-bond acceptors (Lipinski definition) is 5. The highest BCUT2D eigenvalue weighted by Gasteiger charge is 2.13. The maximum absolute atomic E-state index is 11.8. The van der Waals surface area contributed by atoms with Crippen LogP contribution in [0.1, 0.15) is 22.3 Å². The molecule has 0 aliphatic carbocycles. The second-order valence-electron chi connectivity index (χ2n) is 6.21. The zero-order valence-electron chi connectivity index (χ0n) is 15.0. The molecule has 1 aromatic carbocycles. The number of pyridine rings is 1. The Labute approximate surface area is 152 Å². The van der Waals surface area contributed by atoms with Crippen LogP contribution in [0.3, 0.4) is 0 Å². The van der Waals surface area contributed by atoms with Crippen LogP contribution in [0, 0.1) is 0 Å². The van der Waals surface area contributed by atoms with Crippen LogP contribution in [0.4, 0.5) is 5.69 Å². The molecule has 26 heavy (non-hydrogen) atoms. The number of rotatable bonds is 4. The van der Waals surface area contributed by atoms with Gasteiger partial charge in [0.05, 0.1) is 12.7 Å². The van der Waals surface area contributed by atoms with Gasteiger partial charge in [0.2, 0.25) is 0 Å². The number of anilines is 1. The van der Waals surface area contributed by atoms with Crippen molar-refractivity contribution in [3.8, 4) is 0 Å². The third-order valence-electron chi connectivity index (χ3n) is 4.19. The number of aryl methyl sites for hydroxylation is 1. The Morgan fingerprint density at radius 2 is 1.85 bits per heavy atom. The van der Waals surface area contributed by atoms with Gasteiger partial charge in [0.25, 0.3) is 5.56 Å². The number of carbonyl (C=O) groups excluding carboxylic acids is 1. The van der Waals surface area contributed by atoms with Crippen LogP contribution in [0.15, 0.2) is 65.5 Å². The minimum Gasteiger partial charge on any atom is -0.465 e. The quantitative estimate of drug-likeness (QED) is 0.858. The second kappa shape index (κ2) is 7.31. The summed E-state index contributed by atoms with van der Waals surface area (Å²) in [5.74, 6) is -0.348. The second-order valence-corrected chi connectivity index (χ2v) is 6.21. The van der Waals surface area contributed by atoms with Crippen LogP contribution in [-0.2, 0) is 11.8 Å². The Balaban J connectivity index is 1.77. The molecule has 0 spiro atoms. The van der Waals surface area contributed by atoms with Crippen molar-refractivity contribution < 1.29 is 9.53 Å². The van der Waals surface area contributed by atoms with Crippen LogP contribution < -0.4 is 10.9 Å². The standard InChI is InChI=1S/C20H21N3O3/c1-22-12-16(14-4-6-15(7-5-14)20(25)26-3)10-18(13-22)21-17-8-9-23(2)19(24)11-17/h4-9,11-13,21H,10H2,1-3H3. The first kappa shape index (κ1) is 17.5. The largest absolute Gasteiger partial charge is 0.465 e. The summed E-state index contributed by atoms with van der Waals surface area (Å²) in [6.45, 7) is 0. The topological polar surface area (TPSA) is 63.6 Å². The zero-order valence-corrected chi connectivity index (χ0v) is 15.0. The van der Waals surface area contributed by atoms with Gasteiger partial charge >= 0.3 is 5.97 Å². The van der Waals surface area contributed by atoms with E-state index in [4.69, 9.17) is 4.74 Å². The number of ether oxygens (including phenoxy) is 1. The summed E-state index contributed by atoms with van der Waals surface area (Å²) >= 11 is 0. The molecule has 0 fully saturated rings. The molecular formula is C20H21N3O3. The van der Waals surface area contributed by atoms with Gasteiger partial charge in [-0.25, -0.2) is 4.79 Å². The Hall–Kier alpha value is -3.28. The van der Waals surface area contributed by atoms with Crippen LogP contribution in [0.5, 0.6) is 0 Å². The Kier molecular flexibility index (Phi) is 4.93. The van der Waals surface area contributed by atoms with Crippen LogP contribution in [-0.4, -0.2) is 29.6 Å². The SMILES string of the molecule is COC(=O)c1ccc(C2=CN(C)C=C(Nc3ccn(C)c(=O)c3)C2)cc1.